The smallest absolute Gasteiger partial charge is 0.418 e. The van der Waals surface area contributed by atoms with E-state index in [1.807, 2.05) is 54.8 Å². The fraction of sp³-hybridized carbons (Fsp3) is 0.519. The molecule has 3 aromatic heterocycles. The van der Waals surface area contributed by atoms with Gasteiger partial charge in [0.25, 0.3) is 0 Å². The van der Waals surface area contributed by atoms with E-state index < -0.39 is 52.3 Å². The van der Waals surface area contributed by atoms with Crippen molar-refractivity contribution in [1.82, 2.24) is 29.7 Å². The number of rotatable bonds is 11. The minimum absolute atomic E-state index is 0.0468. The fourth-order valence-corrected chi connectivity index (χ4v) is 11.6. The molecule has 372 valence electrons. The monoisotopic (exact) mass is 970 g/mol. The van der Waals surface area contributed by atoms with E-state index in [0.29, 0.717) is 55.2 Å². The van der Waals surface area contributed by atoms with Gasteiger partial charge in [0.05, 0.1) is 54.5 Å². The van der Waals surface area contributed by atoms with Crippen LogP contribution in [0.15, 0.2) is 54.6 Å². The number of hydrogen-bond donors (Lipinski definition) is 0. The molecule has 0 radical (unpaired) electrons. The Hall–Kier alpha value is -6.04. The SMILES string of the molecule is COc1ccc(CN(Cc2ccc(OC)cc2)c2cc(C)c(C(F)(F)F)c(-c3nc4c5c(nc(OC[C@@]67CCCN6C[C@H](F)C7)nc5c3F)N3C[C@H]5CC[C@@H]([C@H]3CCC4)N5C(=O)OC(C)(C)C)n2)cc1. The third kappa shape index (κ3) is 9.00. The number of carbonyl (C=O) groups is 1. The first-order valence-corrected chi connectivity index (χ1v) is 24.2. The summed E-state index contributed by atoms with van der Waals surface area (Å²) in [5, 5.41) is 0.274. The zero-order chi connectivity index (χ0) is 49.3. The Balaban J connectivity index is 1.12. The highest BCUT2D eigenvalue weighted by molar-refractivity contribution is 5.95. The van der Waals surface area contributed by atoms with E-state index in [9.17, 15) is 9.18 Å². The molecule has 70 heavy (non-hydrogen) atoms. The second kappa shape index (κ2) is 18.3. The summed E-state index contributed by atoms with van der Waals surface area (Å²) in [5.41, 5.74) is -2.09. The molecule has 4 fully saturated rings. The Bertz CT molecular complexity index is 2730. The number of aromatic nitrogens is 4. The molecule has 2 bridgehead atoms. The largest absolute Gasteiger partial charge is 0.497 e. The Morgan fingerprint density at radius 1 is 0.857 bits per heavy atom. The van der Waals surface area contributed by atoms with Crippen LogP contribution < -0.4 is 24.0 Å². The average Bonchev–Trinajstić information content (AvgIpc) is 3.96. The predicted octanol–water partition coefficient (Wildman–Crippen LogP) is 10.0. The van der Waals surface area contributed by atoms with Crippen LogP contribution in [0.2, 0.25) is 0 Å². The van der Waals surface area contributed by atoms with E-state index in [4.69, 9.17) is 38.9 Å². The summed E-state index contributed by atoms with van der Waals surface area (Å²) in [7, 11) is 3.13. The number of anilines is 2. The molecule has 0 N–H and O–H groups in total. The summed E-state index contributed by atoms with van der Waals surface area (Å²) >= 11 is 0. The van der Waals surface area contributed by atoms with Gasteiger partial charge in [0.1, 0.15) is 58.4 Å². The molecule has 4 saturated heterocycles. The lowest BCUT2D eigenvalue weighted by Gasteiger charge is -2.48. The number of carbonyl (C=O) groups excluding carboxylic acids is 1. The van der Waals surface area contributed by atoms with Crippen molar-refractivity contribution in [2.45, 2.75) is 134 Å². The lowest BCUT2D eigenvalue weighted by Crippen LogP contribution is -2.62. The van der Waals surface area contributed by atoms with Gasteiger partial charge in [0, 0.05) is 32.6 Å². The van der Waals surface area contributed by atoms with Gasteiger partial charge in [-0.2, -0.15) is 23.1 Å². The number of amides is 1. The molecule has 13 nitrogen and oxygen atoms in total. The van der Waals surface area contributed by atoms with Gasteiger partial charge >= 0.3 is 18.3 Å². The standard InChI is InChI=1S/C52H59F5N8O5/c1-30-23-40(62(25-31-11-16-35(67-5)17-12-31)26-32-13-18-36(68-6)19-14-32)59-45(42(30)52(55,56)57)46-43(54)44-41-37(58-46)9-7-10-38-39-20-15-34(65(39)49(66)70-50(2,3)4)28-64(38)47(41)61-48(60-44)69-29-51-21-8-22-63(51)27-33(53)24-51/h11-14,16-19,23,33-34,38-39H,7-10,15,20-22,24-29H2,1-6H3/t33-,34-,38-,39+,51+/m1/s1. The van der Waals surface area contributed by atoms with Crippen LogP contribution in [0.5, 0.6) is 17.5 Å². The minimum Gasteiger partial charge on any atom is -0.497 e. The van der Waals surface area contributed by atoms with Gasteiger partial charge in [-0.05, 0) is 126 Å². The molecular formula is C52H59F5N8O5. The number of nitrogens with zero attached hydrogens (tertiary/aromatic N) is 8. The van der Waals surface area contributed by atoms with E-state index in [1.54, 1.807) is 38.5 Å². The van der Waals surface area contributed by atoms with E-state index >= 15 is 17.6 Å². The van der Waals surface area contributed by atoms with Crippen molar-refractivity contribution in [3.05, 3.63) is 88.4 Å². The molecule has 5 aliphatic heterocycles. The quantitative estimate of drug-likeness (QED) is 0.117. The summed E-state index contributed by atoms with van der Waals surface area (Å²) in [4.78, 5) is 40.9. The van der Waals surface area contributed by atoms with Crippen LogP contribution >= 0.6 is 0 Å². The van der Waals surface area contributed by atoms with Crippen molar-refractivity contribution in [2.24, 2.45) is 0 Å². The van der Waals surface area contributed by atoms with Crippen LogP contribution in [0.3, 0.4) is 0 Å². The normalized spacial score (nSPS) is 23.2. The van der Waals surface area contributed by atoms with E-state index in [0.717, 1.165) is 30.5 Å². The third-order valence-corrected chi connectivity index (χ3v) is 14.7. The van der Waals surface area contributed by atoms with Crippen molar-refractivity contribution in [2.75, 3.05) is 50.3 Å². The second-order valence-corrected chi connectivity index (χ2v) is 20.5. The van der Waals surface area contributed by atoms with Gasteiger partial charge in [0.15, 0.2) is 5.82 Å². The van der Waals surface area contributed by atoms with Crippen LogP contribution in [0.25, 0.3) is 22.3 Å². The van der Waals surface area contributed by atoms with Crippen LogP contribution in [-0.2, 0) is 30.4 Å². The number of hydrogen-bond acceptors (Lipinski definition) is 12. The minimum atomic E-state index is -4.95. The Morgan fingerprint density at radius 3 is 2.19 bits per heavy atom. The molecule has 18 heteroatoms. The summed E-state index contributed by atoms with van der Waals surface area (Å²) in [5.74, 6) is 0.698. The van der Waals surface area contributed by atoms with Crippen molar-refractivity contribution in [1.29, 1.82) is 0 Å². The van der Waals surface area contributed by atoms with E-state index in [2.05, 4.69) is 9.80 Å². The van der Waals surface area contributed by atoms with E-state index in [-0.39, 0.29) is 85.5 Å². The van der Waals surface area contributed by atoms with Crippen molar-refractivity contribution in [3.8, 4) is 28.9 Å². The van der Waals surface area contributed by atoms with Gasteiger partial charge in [-0.25, -0.2) is 23.5 Å². The van der Waals surface area contributed by atoms with Gasteiger partial charge < -0.3 is 28.7 Å². The first kappa shape index (κ1) is 47.6. The second-order valence-electron chi connectivity index (χ2n) is 20.5. The number of methoxy groups -OCH3 is 2. The summed E-state index contributed by atoms with van der Waals surface area (Å²) in [6, 6.07) is 15.2. The molecule has 0 spiro atoms. The van der Waals surface area contributed by atoms with Crippen LogP contribution in [0, 0.1) is 12.7 Å². The first-order chi connectivity index (χ1) is 33.4. The lowest BCUT2D eigenvalue weighted by atomic mass is 9.93. The molecule has 2 aromatic carbocycles. The molecule has 0 aliphatic carbocycles. The average molecular weight is 971 g/mol. The molecule has 10 rings (SSSR count). The van der Waals surface area contributed by atoms with Gasteiger partial charge in [-0.3, -0.25) is 9.80 Å². The summed E-state index contributed by atoms with van der Waals surface area (Å²) in [6.45, 7) is 8.71. The number of pyridine rings is 2. The van der Waals surface area contributed by atoms with Gasteiger partial charge in [-0.1, -0.05) is 24.3 Å². The molecule has 0 saturated carbocycles. The van der Waals surface area contributed by atoms with Crippen molar-refractivity contribution in [3.63, 3.8) is 0 Å². The van der Waals surface area contributed by atoms with Crippen LogP contribution in [-0.4, -0.2) is 112 Å². The van der Waals surface area contributed by atoms with E-state index in [1.165, 1.54) is 13.0 Å². The Morgan fingerprint density at radius 2 is 1.54 bits per heavy atom. The molecule has 0 unspecified atom stereocenters. The number of halogens is 5. The lowest BCUT2D eigenvalue weighted by molar-refractivity contribution is -0.137. The zero-order valence-corrected chi connectivity index (χ0v) is 40.4. The van der Waals surface area contributed by atoms with Gasteiger partial charge in [0.2, 0.25) is 0 Å². The highest BCUT2D eigenvalue weighted by Crippen LogP contribution is 2.47. The number of piperazine rings is 1. The molecule has 5 atom stereocenters. The predicted molar refractivity (Wildman–Crippen MR) is 254 cm³/mol. The van der Waals surface area contributed by atoms with Crippen molar-refractivity contribution >= 4 is 28.6 Å². The zero-order valence-electron chi connectivity index (χ0n) is 40.4. The number of alkyl halides is 4. The maximum Gasteiger partial charge on any atom is 0.418 e. The summed E-state index contributed by atoms with van der Waals surface area (Å²) in [6.07, 6.45) is -1.75. The molecule has 5 aromatic rings. The highest BCUT2D eigenvalue weighted by Gasteiger charge is 2.52. The molecule has 8 heterocycles. The van der Waals surface area contributed by atoms with Crippen LogP contribution in [0.4, 0.5) is 38.4 Å². The maximum atomic E-state index is 18.1. The number of fused-ring (bicyclic) bond motifs is 6. The molecular weight excluding hydrogens is 912 g/mol. The number of ether oxygens (including phenoxy) is 4. The molecule has 5 aliphatic rings. The Kier molecular flexibility index (Phi) is 12.4. The Labute approximate surface area is 404 Å². The third-order valence-electron chi connectivity index (χ3n) is 14.7. The van der Waals surface area contributed by atoms with Crippen LogP contribution in [0.1, 0.15) is 93.7 Å². The molecule has 1 amide bonds. The summed E-state index contributed by atoms with van der Waals surface area (Å²) < 4.78 is 103. The maximum absolute atomic E-state index is 18.1. The highest BCUT2D eigenvalue weighted by atomic mass is 19.4. The van der Waals surface area contributed by atoms with Crippen molar-refractivity contribution < 1.29 is 45.7 Å². The number of aryl methyl sites for hydroxylation is 2. The fourth-order valence-electron chi connectivity index (χ4n) is 11.6. The number of benzene rings is 2. The first-order valence-electron chi connectivity index (χ1n) is 24.2. The van der Waals surface area contributed by atoms with Gasteiger partial charge in [-0.15, -0.1) is 0 Å². The topological polar surface area (TPSA) is 119 Å².